The molecule has 6 nitrogen and oxygen atoms in total. The van der Waals surface area contributed by atoms with Crippen molar-refractivity contribution in [2.24, 2.45) is 0 Å². The van der Waals surface area contributed by atoms with Gasteiger partial charge >= 0.3 is 0 Å². The molecule has 2 heterocycles. The Bertz CT molecular complexity index is 1080. The highest BCUT2D eigenvalue weighted by Crippen LogP contribution is 2.37. The number of amides is 1. The Kier molecular flexibility index (Phi) is 6.83. The summed E-state index contributed by atoms with van der Waals surface area (Å²) in [5, 5.41) is 4.08. The van der Waals surface area contributed by atoms with E-state index in [0.717, 1.165) is 47.3 Å². The van der Waals surface area contributed by atoms with Crippen LogP contribution >= 0.6 is 11.3 Å². The van der Waals surface area contributed by atoms with E-state index in [2.05, 4.69) is 22.1 Å². The number of rotatable bonds is 7. The SMILES string of the molecule is CCCN(CC(=O)Nc1ccccc1C)Cc1nc(N)c2c3c(sc2n1)CCCCC3. The number of aryl methyl sites for hydroxylation is 3. The van der Waals surface area contributed by atoms with Crippen LogP contribution in [0.15, 0.2) is 24.3 Å². The Balaban J connectivity index is 1.51. The Labute approximate surface area is 187 Å². The van der Waals surface area contributed by atoms with Gasteiger partial charge in [0.1, 0.15) is 16.5 Å². The smallest absolute Gasteiger partial charge is 0.238 e. The van der Waals surface area contributed by atoms with Gasteiger partial charge in [-0.05, 0) is 62.8 Å². The van der Waals surface area contributed by atoms with E-state index in [9.17, 15) is 4.79 Å². The number of carbonyl (C=O) groups is 1. The number of hydrogen-bond acceptors (Lipinski definition) is 6. The van der Waals surface area contributed by atoms with Crippen molar-refractivity contribution in [3.8, 4) is 0 Å². The molecular formula is C24H31N5OS. The van der Waals surface area contributed by atoms with Gasteiger partial charge < -0.3 is 11.1 Å². The number of para-hydroxylation sites is 1. The first-order chi connectivity index (χ1) is 15.0. The van der Waals surface area contributed by atoms with Gasteiger partial charge in [0.15, 0.2) is 0 Å². The third-order valence-electron chi connectivity index (χ3n) is 5.83. The lowest BCUT2D eigenvalue weighted by Gasteiger charge is -2.20. The van der Waals surface area contributed by atoms with Crippen LogP contribution < -0.4 is 11.1 Å². The summed E-state index contributed by atoms with van der Waals surface area (Å²) in [6, 6.07) is 7.82. The highest BCUT2D eigenvalue weighted by Gasteiger charge is 2.20. The molecule has 0 fully saturated rings. The molecular weight excluding hydrogens is 406 g/mol. The van der Waals surface area contributed by atoms with Gasteiger partial charge in [-0.1, -0.05) is 31.5 Å². The van der Waals surface area contributed by atoms with Gasteiger partial charge in [0, 0.05) is 10.6 Å². The Hall–Kier alpha value is -2.51. The summed E-state index contributed by atoms with van der Waals surface area (Å²) < 4.78 is 0. The van der Waals surface area contributed by atoms with Crippen LogP contribution in [0.2, 0.25) is 0 Å². The molecule has 7 heteroatoms. The number of thiophene rings is 1. The van der Waals surface area contributed by atoms with Gasteiger partial charge in [-0.15, -0.1) is 11.3 Å². The van der Waals surface area contributed by atoms with E-state index in [-0.39, 0.29) is 5.91 Å². The molecule has 4 rings (SSSR count). The minimum absolute atomic E-state index is 0.0281. The third-order valence-corrected chi connectivity index (χ3v) is 7.02. The third kappa shape index (κ3) is 5.05. The highest BCUT2D eigenvalue weighted by atomic mass is 32.1. The van der Waals surface area contributed by atoms with Crippen LogP contribution in [0.3, 0.4) is 0 Å². The van der Waals surface area contributed by atoms with Gasteiger partial charge in [-0.25, -0.2) is 9.97 Å². The fraction of sp³-hybridized carbons (Fsp3) is 0.458. The quantitative estimate of drug-likeness (QED) is 0.523. The van der Waals surface area contributed by atoms with Crippen LogP contribution in [0.5, 0.6) is 0 Å². The van der Waals surface area contributed by atoms with Gasteiger partial charge in [0.2, 0.25) is 5.91 Å². The molecule has 0 radical (unpaired) electrons. The summed E-state index contributed by atoms with van der Waals surface area (Å²) in [5.41, 5.74) is 9.67. The molecule has 0 spiro atoms. The molecule has 0 unspecified atom stereocenters. The van der Waals surface area contributed by atoms with Gasteiger partial charge in [-0.2, -0.15) is 0 Å². The molecule has 1 aliphatic carbocycles. The molecule has 1 aromatic carbocycles. The van der Waals surface area contributed by atoms with Crippen molar-refractivity contribution in [2.45, 2.75) is 58.9 Å². The van der Waals surface area contributed by atoms with E-state index < -0.39 is 0 Å². The number of carbonyl (C=O) groups excluding carboxylic acids is 1. The van der Waals surface area contributed by atoms with Gasteiger partial charge in [0.05, 0.1) is 18.5 Å². The summed E-state index contributed by atoms with van der Waals surface area (Å²) in [6.07, 6.45) is 6.86. The van der Waals surface area contributed by atoms with E-state index in [4.69, 9.17) is 10.7 Å². The lowest BCUT2D eigenvalue weighted by Crippen LogP contribution is -2.34. The molecule has 0 aliphatic heterocycles. The first kappa shape index (κ1) is 21.7. The lowest BCUT2D eigenvalue weighted by molar-refractivity contribution is -0.117. The molecule has 164 valence electrons. The van der Waals surface area contributed by atoms with E-state index in [0.29, 0.717) is 24.7 Å². The van der Waals surface area contributed by atoms with Crippen molar-refractivity contribution in [1.82, 2.24) is 14.9 Å². The van der Waals surface area contributed by atoms with Crippen LogP contribution in [0.25, 0.3) is 10.2 Å². The summed E-state index contributed by atoms with van der Waals surface area (Å²) in [5.74, 6) is 1.25. The minimum Gasteiger partial charge on any atom is -0.383 e. The number of nitrogens with zero attached hydrogens (tertiary/aromatic N) is 3. The summed E-state index contributed by atoms with van der Waals surface area (Å²) in [7, 11) is 0. The second-order valence-electron chi connectivity index (χ2n) is 8.34. The van der Waals surface area contributed by atoms with Crippen molar-refractivity contribution in [3.05, 3.63) is 46.1 Å². The highest BCUT2D eigenvalue weighted by molar-refractivity contribution is 7.19. The first-order valence-electron chi connectivity index (χ1n) is 11.2. The largest absolute Gasteiger partial charge is 0.383 e. The molecule has 3 N–H and O–H groups in total. The molecule has 2 aromatic heterocycles. The number of benzene rings is 1. The fourth-order valence-electron chi connectivity index (χ4n) is 4.32. The number of nitrogens with two attached hydrogens (primary N) is 1. The van der Waals surface area contributed by atoms with E-state index >= 15 is 0 Å². The van der Waals surface area contributed by atoms with E-state index in [1.807, 2.05) is 31.2 Å². The van der Waals surface area contributed by atoms with Crippen LogP contribution in [-0.4, -0.2) is 33.9 Å². The van der Waals surface area contributed by atoms with Crippen molar-refractivity contribution >= 4 is 39.0 Å². The van der Waals surface area contributed by atoms with E-state index in [1.54, 1.807) is 11.3 Å². The molecule has 1 aliphatic rings. The lowest BCUT2D eigenvalue weighted by atomic mass is 10.1. The Morgan fingerprint density at radius 3 is 2.81 bits per heavy atom. The van der Waals surface area contributed by atoms with Crippen LogP contribution in [0, 0.1) is 6.92 Å². The summed E-state index contributed by atoms with van der Waals surface area (Å²) in [4.78, 5) is 26.7. The predicted octanol–water partition coefficient (Wildman–Crippen LogP) is 4.70. The van der Waals surface area contributed by atoms with Crippen LogP contribution in [-0.2, 0) is 24.2 Å². The zero-order valence-corrected chi connectivity index (χ0v) is 19.2. The zero-order chi connectivity index (χ0) is 21.8. The standard InChI is InChI=1S/C24H31N5OS/c1-3-13-29(15-21(30)26-18-11-8-7-9-16(18)2)14-20-27-23(25)22-17-10-5-4-6-12-19(17)31-24(22)28-20/h7-9,11H,3-6,10,12-15H2,1-2H3,(H,26,30)(H2,25,27,28). The maximum Gasteiger partial charge on any atom is 0.238 e. The van der Waals surface area contributed by atoms with Gasteiger partial charge in [0.25, 0.3) is 0 Å². The van der Waals surface area contributed by atoms with Crippen molar-refractivity contribution in [1.29, 1.82) is 0 Å². The first-order valence-corrected chi connectivity index (χ1v) is 12.0. The minimum atomic E-state index is -0.0281. The number of nitrogens with one attached hydrogen (secondary N) is 1. The second kappa shape index (κ2) is 9.75. The molecule has 0 saturated carbocycles. The number of nitrogen functional groups attached to an aromatic ring is 1. The van der Waals surface area contributed by atoms with Crippen LogP contribution in [0.4, 0.5) is 11.5 Å². The summed E-state index contributed by atoms with van der Waals surface area (Å²) >= 11 is 1.77. The average molecular weight is 438 g/mol. The second-order valence-corrected chi connectivity index (χ2v) is 9.43. The molecule has 31 heavy (non-hydrogen) atoms. The molecule has 1 amide bonds. The maximum absolute atomic E-state index is 12.7. The number of aromatic nitrogens is 2. The summed E-state index contributed by atoms with van der Waals surface area (Å²) in [6.45, 7) is 5.71. The normalized spacial score (nSPS) is 13.9. The number of hydrogen-bond donors (Lipinski definition) is 2. The van der Waals surface area contributed by atoms with Crippen molar-refractivity contribution in [3.63, 3.8) is 0 Å². The number of fused-ring (bicyclic) bond motifs is 3. The zero-order valence-electron chi connectivity index (χ0n) is 18.4. The Morgan fingerprint density at radius 2 is 2.00 bits per heavy atom. The van der Waals surface area contributed by atoms with Crippen LogP contribution in [0.1, 0.15) is 54.4 Å². The molecule has 0 bridgehead atoms. The van der Waals surface area contributed by atoms with Crippen molar-refractivity contribution < 1.29 is 4.79 Å². The van der Waals surface area contributed by atoms with E-state index in [1.165, 1.54) is 29.7 Å². The topological polar surface area (TPSA) is 84.1 Å². The Morgan fingerprint density at radius 1 is 1.19 bits per heavy atom. The monoisotopic (exact) mass is 437 g/mol. The molecule has 0 saturated heterocycles. The number of anilines is 2. The molecule has 0 atom stereocenters. The molecule has 3 aromatic rings. The van der Waals surface area contributed by atoms with Gasteiger partial charge in [-0.3, -0.25) is 9.69 Å². The van der Waals surface area contributed by atoms with Crippen molar-refractivity contribution in [2.75, 3.05) is 24.1 Å². The maximum atomic E-state index is 12.7. The fourth-order valence-corrected chi connectivity index (χ4v) is 5.60. The predicted molar refractivity (Wildman–Crippen MR) is 128 cm³/mol. The average Bonchev–Trinajstić information content (AvgIpc) is 2.91.